The number of Topliss-reactive ketones (excluding diaryl/α,β-unsaturated/α-hetero) is 1. The van der Waals surface area contributed by atoms with Crippen LogP contribution in [-0.4, -0.2) is 68.7 Å². The molecule has 2 fully saturated rings. The molecule has 0 spiro atoms. The number of nitrogens with zero attached hydrogens (tertiary/aromatic N) is 2. The van der Waals surface area contributed by atoms with Gasteiger partial charge in [-0.05, 0) is 44.3 Å². The topological polar surface area (TPSA) is 117 Å². The molecule has 200 valence electrons. The molecule has 1 aromatic rings. The SMILES string of the molecule is CC(=Cc1csc(C)n1)[C@@H]1C[C@H]2[C@@H](CCCC(C)[C@H](O)[C@@H](C)C(=O)C(C)(C)[C@@H](O)CC(=O)O1)N2C=O. The number of fused-ring (bicyclic) bond motifs is 1. The highest BCUT2D eigenvalue weighted by molar-refractivity contribution is 7.09. The molecule has 0 radical (unpaired) electrons. The number of aromatic nitrogens is 1. The Bertz CT molecular complexity index is 989. The first-order valence-electron chi connectivity index (χ1n) is 12.8. The van der Waals surface area contributed by atoms with E-state index < -0.39 is 35.6 Å². The first-order chi connectivity index (χ1) is 16.9. The van der Waals surface area contributed by atoms with Crippen molar-refractivity contribution in [3.05, 3.63) is 21.7 Å². The van der Waals surface area contributed by atoms with Crippen LogP contribution in [-0.2, 0) is 19.1 Å². The molecule has 9 heteroatoms. The maximum Gasteiger partial charge on any atom is 0.309 e. The standard InChI is InChI=1S/C27H40N2O6S/c1-15-8-7-9-20-21(29(20)14-30)11-22(16(2)10-19-13-36-18(4)28-19)35-24(32)12-23(31)27(5,6)26(34)17(3)25(15)33/h10,13-15,17,20-23,25,31,33H,7-9,11-12H2,1-6H3/t15?,17-,20-,21+,22+,23+,25+,29?/m1/s1. The van der Waals surface area contributed by atoms with Crippen LogP contribution in [0, 0.1) is 24.2 Å². The number of thiazole rings is 1. The molecular formula is C27H40N2O6S. The van der Waals surface area contributed by atoms with Crippen LogP contribution in [0.2, 0.25) is 0 Å². The molecule has 0 aromatic carbocycles. The van der Waals surface area contributed by atoms with Gasteiger partial charge in [-0.2, -0.15) is 0 Å². The summed E-state index contributed by atoms with van der Waals surface area (Å²) in [5.74, 6) is -1.70. The van der Waals surface area contributed by atoms with Gasteiger partial charge in [-0.25, -0.2) is 4.98 Å². The molecule has 2 N–H and O–H groups in total. The summed E-state index contributed by atoms with van der Waals surface area (Å²) in [5, 5.41) is 24.6. The van der Waals surface area contributed by atoms with Gasteiger partial charge < -0.3 is 19.8 Å². The third-order valence-electron chi connectivity index (χ3n) is 7.99. The number of aliphatic hydroxyl groups excluding tert-OH is 2. The number of ether oxygens (including phenoxy) is 1. The number of carbonyl (C=O) groups excluding carboxylic acids is 3. The van der Waals surface area contributed by atoms with E-state index in [4.69, 9.17) is 4.74 Å². The number of carbonyl (C=O) groups is 3. The second kappa shape index (κ2) is 11.5. The number of hydrogen-bond acceptors (Lipinski definition) is 8. The molecule has 2 aliphatic heterocycles. The summed E-state index contributed by atoms with van der Waals surface area (Å²) in [6.45, 7) is 10.6. The van der Waals surface area contributed by atoms with Crippen molar-refractivity contribution in [3.8, 4) is 0 Å². The Labute approximate surface area is 217 Å². The number of rotatable bonds is 3. The van der Waals surface area contributed by atoms with E-state index >= 15 is 0 Å². The van der Waals surface area contributed by atoms with Crippen LogP contribution >= 0.6 is 11.3 Å². The molecule has 0 saturated carbocycles. The zero-order chi connectivity index (χ0) is 26.8. The van der Waals surface area contributed by atoms with E-state index in [1.54, 1.807) is 25.7 Å². The maximum absolute atomic E-state index is 13.2. The predicted octanol–water partition coefficient (Wildman–Crippen LogP) is 3.53. The first kappa shape index (κ1) is 28.5. The summed E-state index contributed by atoms with van der Waals surface area (Å²) >= 11 is 1.53. The lowest BCUT2D eigenvalue weighted by atomic mass is 9.73. The summed E-state index contributed by atoms with van der Waals surface area (Å²) in [6.07, 6.45) is 2.43. The predicted molar refractivity (Wildman–Crippen MR) is 138 cm³/mol. The van der Waals surface area contributed by atoms with Gasteiger partial charge in [0.25, 0.3) is 0 Å². The van der Waals surface area contributed by atoms with Crippen LogP contribution in [0.15, 0.2) is 11.0 Å². The minimum absolute atomic E-state index is 0.0455. The maximum atomic E-state index is 13.2. The van der Waals surface area contributed by atoms with Crippen LogP contribution in [0.1, 0.15) is 77.4 Å². The molecule has 0 bridgehead atoms. The normalized spacial score (nSPS) is 34.6. The van der Waals surface area contributed by atoms with Crippen molar-refractivity contribution in [2.45, 2.75) is 104 Å². The smallest absolute Gasteiger partial charge is 0.309 e. The lowest BCUT2D eigenvalue weighted by molar-refractivity contribution is -0.154. The molecule has 3 heterocycles. The second-order valence-corrected chi connectivity index (χ2v) is 12.1. The van der Waals surface area contributed by atoms with Crippen molar-refractivity contribution in [1.82, 2.24) is 9.88 Å². The van der Waals surface area contributed by atoms with E-state index in [9.17, 15) is 24.6 Å². The first-order valence-corrected chi connectivity index (χ1v) is 13.7. The fraction of sp³-hybridized carbons (Fsp3) is 0.704. The average molecular weight is 521 g/mol. The van der Waals surface area contributed by atoms with Crippen molar-refractivity contribution in [3.63, 3.8) is 0 Å². The Hall–Kier alpha value is -2.10. The Morgan fingerprint density at radius 3 is 2.53 bits per heavy atom. The molecule has 0 aliphatic carbocycles. The van der Waals surface area contributed by atoms with Gasteiger partial charge in [0.15, 0.2) is 0 Å². The quantitative estimate of drug-likeness (QED) is 0.356. The molecule has 7 atom stereocenters. The molecule has 1 amide bonds. The van der Waals surface area contributed by atoms with Crippen LogP contribution < -0.4 is 0 Å². The van der Waals surface area contributed by atoms with Crippen molar-refractivity contribution in [2.75, 3.05) is 0 Å². The molecule has 1 aromatic heterocycles. The lowest BCUT2D eigenvalue weighted by Gasteiger charge is -2.34. The average Bonchev–Trinajstić information content (AvgIpc) is 3.32. The van der Waals surface area contributed by atoms with Crippen molar-refractivity contribution >= 4 is 35.6 Å². The minimum atomic E-state index is -1.26. The van der Waals surface area contributed by atoms with Gasteiger partial charge in [0.2, 0.25) is 6.41 Å². The number of aryl methyl sites for hydroxylation is 1. The number of ketones is 1. The Kier molecular flexibility index (Phi) is 9.11. The molecule has 1 unspecified atom stereocenters. The van der Waals surface area contributed by atoms with Crippen LogP contribution in [0.25, 0.3) is 6.08 Å². The van der Waals surface area contributed by atoms with Crippen molar-refractivity contribution in [2.24, 2.45) is 17.3 Å². The summed E-state index contributed by atoms with van der Waals surface area (Å²) in [5.41, 5.74) is 0.359. The summed E-state index contributed by atoms with van der Waals surface area (Å²) in [4.78, 5) is 44.1. The van der Waals surface area contributed by atoms with Gasteiger partial charge in [-0.3, -0.25) is 14.4 Å². The summed E-state index contributed by atoms with van der Waals surface area (Å²) < 4.78 is 5.85. The van der Waals surface area contributed by atoms with E-state index in [0.717, 1.165) is 41.9 Å². The number of aliphatic hydroxyl groups is 2. The van der Waals surface area contributed by atoms with Gasteiger partial charge in [0.05, 0.1) is 46.8 Å². The van der Waals surface area contributed by atoms with Gasteiger partial charge in [-0.15, -0.1) is 11.3 Å². The number of cyclic esters (lactones) is 1. The minimum Gasteiger partial charge on any atom is -0.458 e. The van der Waals surface area contributed by atoms with Gasteiger partial charge in [0.1, 0.15) is 11.9 Å². The molecule has 36 heavy (non-hydrogen) atoms. The number of hydrogen-bond donors (Lipinski definition) is 2. The number of amides is 1. The zero-order valence-electron chi connectivity index (χ0n) is 22.1. The molecular weight excluding hydrogens is 480 g/mol. The van der Waals surface area contributed by atoms with E-state index in [0.29, 0.717) is 6.42 Å². The Morgan fingerprint density at radius 2 is 1.92 bits per heavy atom. The second-order valence-electron chi connectivity index (χ2n) is 11.1. The molecule has 3 rings (SSSR count). The van der Waals surface area contributed by atoms with Crippen molar-refractivity contribution in [1.29, 1.82) is 0 Å². The molecule has 2 saturated heterocycles. The van der Waals surface area contributed by atoms with E-state index in [-0.39, 0.29) is 30.2 Å². The fourth-order valence-electron chi connectivity index (χ4n) is 5.29. The van der Waals surface area contributed by atoms with Crippen LogP contribution in [0.3, 0.4) is 0 Å². The van der Waals surface area contributed by atoms with Gasteiger partial charge in [-0.1, -0.05) is 34.1 Å². The summed E-state index contributed by atoms with van der Waals surface area (Å²) in [7, 11) is 0. The summed E-state index contributed by atoms with van der Waals surface area (Å²) in [6, 6.07) is 0.00895. The lowest BCUT2D eigenvalue weighted by Crippen LogP contribution is -2.45. The molecule has 2 aliphatic rings. The molecule has 8 nitrogen and oxygen atoms in total. The van der Waals surface area contributed by atoms with Gasteiger partial charge >= 0.3 is 5.97 Å². The zero-order valence-corrected chi connectivity index (χ0v) is 23.0. The third kappa shape index (κ3) is 6.42. The van der Waals surface area contributed by atoms with Crippen molar-refractivity contribution < 1.29 is 29.3 Å². The fourth-order valence-corrected chi connectivity index (χ4v) is 5.86. The third-order valence-corrected chi connectivity index (χ3v) is 8.78. The van der Waals surface area contributed by atoms with E-state index in [1.165, 1.54) is 11.3 Å². The van der Waals surface area contributed by atoms with E-state index in [2.05, 4.69) is 4.98 Å². The van der Waals surface area contributed by atoms with Gasteiger partial charge in [0, 0.05) is 17.7 Å². The monoisotopic (exact) mass is 520 g/mol. The van der Waals surface area contributed by atoms with E-state index in [1.807, 2.05) is 32.2 Å². The highest BCUT2D eigenvalue weighted by atomic mass is 32.1. The highest BCUT2D eigenvalue weighted by Crippen LogP contribution is 2.38. The Balaban J connectivity index is 1.88. The van der Waals surface area contributed by atoms with Crippen LogP contribution in [0.4, 0.5) is 0 Å². The largest absolute Gasteiger partial charge is 0.458 e. The van der Waals surface area contributed by atoms with Crippen LogP contribution in [0.5, 0.6) is 0 Å². The number of esters is 1. The highest BCUT2D eigenvalue weighted by Gasteiger charge is 2.48. The Morgan fingerprint density at radius 1 is 1.22 bits per heavy atom.